The number of methoxy groups -OCH3 is 1. The number of halogens is 1. The molecule has 5 nitrogen and oxygen atoms in total. The Bertz CT molecular complexity index is 862. The molecule has 154 valence electrons. The summed E-state index contributed by atoms with van der Waals surface area (Å²) in [6.45, 7) is 3.98. The Labute approximate surface area is 176 Å². The molecule has 0 saturated heterocycles. The molecule has 0 aromatic heterocycles. The molecular formula is C23H26ClNO4. The van der Waals surface area contributed by atoms with E-state index in [0.717, 1.165) is 18.4 Å². The molecule has 2 aromatic rings. The molecule has 2 aromatic carbocycles. The first-order chi connectivity index (χ1) is 14.1. The number of anilines is 1. The largest absolute Gasteiger partial charge is 0.493 e. The summed E-state index contributed by atoms with van der Waals surface area (Å²) in [6.07, 6.45) is 6.52. The van der Waals surface area contributed by atoms with E-state index >= 15 is 0 Å². The van der Waals surface area contributed by atoms with Gasteiger partial charge in [0, 0.05) is 5.02 Å². The summed E-state index contributed by atoms with van der Waals surface area (Å²) in [6, 6.07) is 10.7. The molecule has 29 heavy (non-hydrogen) atoms. The number of benzene rings is 2. The number of carbonyl (C=O) groups excluding carboxylic acids is 1. The first kappa shape index (κ1) is 21.1. The molecule has 1 N–H and O–H groups in total. The third kappa shape index (κ3) is 5.91. The van der Waals surface area contributed by atoms with Gasteiger partial charge in [0.25, 0.3) is 0 Å². The quantitative estimate of drug-likeness (QED) is 0.556. The van der Waals surface area contributed by atoms with Gasteiger partial charge in [-0.15, -0.1) is 0 Å². The molecule has 0 unspecified atom stereocenters. The van der Waals surface area contributed by atoms with Crippen LogP contribution < -0.4 is 19.5 Å². The van der Waals surface area contributed by atoms with E-state index in [0.29, 0.717) is 34.6 Å². The number of carbonyl (C=O) groups is 1. The van der Waals surface area contributed by atoms with Crippen LogP contribution in [-0.2, 0) is 11.2 Å². The predicted molar refractivity (Wildman–Crippen MR) is 115 cm³/mol. The monoisotopic (exact) mass is 415 g/mol. The molecule has 0 aliphatic heterocycles. The van der Waals surface area contributed by atoms with E-state index < -0.39 is 0 Å². The zero-order chi connectivity index (χ0) is 20.6. The van der Waals surface area contributed by atoms with E-state index in [2.05, 4.69) is 11.9 Å². The zero-order valence-electron chi connectivity index (χ0n) is 16.6. The number of hydrogen-bond acceptors (Lipinski definition) is 4. The Morgan fingerprint density at radius 3 is 2.66 bits per heavy atom. The van der Waals surface area contributed by atoms with E-state index in [1.165, 1.54) is 12.8 Å². The highest BCUT2D eigenvalue weighted by molar-refractivity contribution is 6.31. The number of ether oxygens (including phenoxy) is 3. The average molecular weight is 416 g/mol. The van der Waals surface area contributed by atoms with Crippen molar-refractivity contribution < 1.29 is 19.0 Å². The summed E-state index contributed by atoms with van der Waals surface area (Å²) in [5.41, 5.74) is 1.37. The van der Waals surface area contributed by atoms with Gasteiger partial charge >= 0.3 is 0 Å². The molecule has 0 atom stereocenters. The van der Waals surface area contributed by atoms with Crippen molar-refractivity contribution in [2.24, 2.45) is 0 Å². The third-order valence-corrected chi connectivity index (χ3v) is 5.00. The highest BCUT2D eigenvalue weighted by Crippen LogP contribution is 2.33. The molecule has 0 heterocycles. The van der Waals surface area contributed by atoms with Crippen LogP contribution in [0.5, 0.6) is 17.2 Å². The fourth-order valence-corrected chi connectivity index (χ4v) is 3.54. The van der Waals surface area contributed by atoms with Gasteiger partial charge in [0.2, 0.25) is 5.91 Å². The minimum Gasteiger partial charge on any atom is -0.493 e. The van der Waals surface area contributed by atoms with Crippen molar-refractivity contribution in [3.63, 3.8) is 0 Å². The topological polar surface area (TPSA) is 56.8 Å². The molecule has 1 saturated carbocycles. The number of nitrogens with one attached hydrogen (secondary N) is 1. The van der Waals surface area contributed by atoms with Crippen molar-refractivity contribution in [2.45, 2.75) is 38.2 Å². The van der Waals surface area contributed by atoms with Crippen LogP contribution in [0.15, 0.2) is 49.1 Å². The molecule has 0 bridgehead atoms. The zero-order valence-corrected chi connectivity index (χ0v) is 17.3. The van der Waals surface area contributed by atoms with Crippen LogP contribution in [0.1, 0.15) is 31.2 Å². The highest BCUT2D eigenvalue weighted by atomic mass is 35.5. The summed E-state index contributed by atoms with van der Waals surface area (Å²) < 4.78 is 17.1. The van der Waals surface area contributed by atoms with Crippen LogP contribution in [-0.4, -0.2) is 25.7 Å². The van der Waals surface area contributed by atoms with E-state index in [-0.39, 0.29) is 18.4 Å². The molecule has 0 radical (unpaired) electrons. The standard InChI is InChI=1S/C23H26ClNO4/c1-3-12-28-20-11-9-17(24)15-19(20)25-23(26)14-16-8-10-21(27-2)22(13-16)29-18-6-4-5-7-18/h3,8-11,13,15,18H,1,4-7,12,14H2,2H3,(H,25,26). The van der Waals surface area contributed by atoms with Gasteiger partial charge in [0.05, 0.1) is 25.3 Å². The lowest BCUT2D eigenvalue weighted by Gasteiger charge is -2.17. The van der Waals surface area contributed by atoms with Crippen LogP contribution in [0.4, 0.5) is 5.69 Å². The average Bonchev–Trinajstić information content (AvgIpc) is 3.21. The minimum absolute atomic E-state index is 0.173. The second-order valence-corrected chi connectivity index (χ2v) is 7.41. The van der Waals surface area contributed by atoms with Crippen molar-refractivity contribution >= 4 is 23.2 Å². The fourth-order valence-electron chi connectivity index (χ4n) is 3.36. The van der Waals surface area contributed by atoms with Gasteiger partial charge in [-0.05, 0) is 61.6 Å². The summed E-state index contributed by atoms with van der Waals surface area (Å²) in [5.74, 6) is 1.73. The van der Waals surface area contributed by atoms with E-state index in [1.54, 1.807) is 31.4 Å². The predicted octanol–water partition coefficient (Wildman–Crippen LogP) is 5.42. The van der Waals surface area contributed by atoms with Gasteiger partial charge in [-0.1, -0.05) is 30.3 Å². The van der Waals surface area contributed by atoms with Crippen molar-refractivity contribution in [1.82, 2.24) is 0 Å². The second-order valence-electron chi connectivity index (χ2n) is 6.97. The Morgan fingerprint density at radius 1 is 1.17 bits per heavy atom. The number of hydrogen-bond donors (Lipinski definition) is 1. The van der Waals surface area contributed by atoms with Gasteiger partial charge in [-0.3, -0.25) is 4.79 Å². The van der Waals surface area contributed by atoms with Gasteiger partial charge in [-0.2, -0.15) is 0 Å². The molecule has 0 spiro atoms. The van der Waals surface area contributed by atoms with Gasteiger partial charge in [0.1, 0.15) is 12.4 Å². The summed E-state index contributed by atoms with van der Waals surface area (Å²) >= 11 is 6.07. The summed E-state index contributed by atoms with van der Waals surface area (Å²) in [5, 5.41) is 3.39. The Balaban J connectivity index is 1.70. The first-order valence-corrected chi connectivity index (χ1v) is 10.1. The van der Waals surface area contributed by atoms with Crippen molar-refractivity contribution in [3.05, 3.63) is 59.6 Å². The van der Waals surface area contributed by atoms with E-state index in [1.807, 2.05) is 18.2 Å². The van der Waals surface area contributed by atoms with Crippen LogP contribution in [0.2, 0.25) is 5.02 Å². The molecule has 1 aliphatic rings. The normalized spacial score (nSPS) is 13.7. The lowest BCUT2D eigenvalue weighted by molar-refractivity contribution is -0.115. The third-order valence-electron chi connectivity index (χ3n) is 4.76. The first-order valence-electron chi connectivity index (χ1n) is 9.75. The SMILES string of the molecule is C=CCOc1ccc(Cl)cc1NC(=O)Cc1ccc(OC)c(OC2CCCC2)c1. The van der Waals surface area contributed by atoms with Crippen molar-refractivity contribution in [2.75, 3.05) is 19.0 Å². The van der Waals surface area contributed by atoms with Crippen molar-refractivity contribution in [3.8, 4) is 17.2 Å². The lowest BCUT2D eigenvalue weighted by Crippen LogP contribution is -2.16. The maximum absolute atomic E-state index is 12.6. The molecule has 1 aliphatic carbocycles. The fraction of sp³-hybridized carbons (Fsp3) is 0.348. The minimum atomic E-state index is -0.173. The second kappa shape index (κ2) is 10.2. The van der Waals surface area contributed by atoms with Crippen molar-refractivity contribution in [1.29, 1.82) is 0 Å². The van der Waals surface area contributed by atoms with Crippen LogP contribution in [0.3, 0.4) is 0 Å². The molecule has 1 amide bonds. The van der Waals surface area contributed by atoms with Gasteiger partial charge in [-0.25, -0.2) is 0 Å². The molecule has 3 rings (SSSR count). The van der Waals surface area contributed by atoms with Gasteiger partial charge in [0.15, 0.2) is 11.5 Å². The number of amides is 1. The maximum atomic E-state index is 12.6. The van der Waals surface area contributed by atoms with E-state index in [4.69, 9.17) is 25.8 Å². The molecule has 1 fully saturated rings. The highest BCUT2D eigenvalue weighted by Gasteiger charge is 2.19. The molecular weight excluding hydrogens is 390 g/mol. The summed E-state index contributed by atoms with van der Waals surface area (Å²) in [7, 11) is 1.62. The van der Waals surface area contributed by atoms with Crippen LogP contribution in [0.25, 0.3) is 0 Å². The maximum Gasteiger partial charge on any atom is 0.228 e. The summed E-state index contributed by atoms with van der Waals surface area (Å²) in [4.78, 5) is 12.6. The van der Waals surface area contributed by atoms with Gasteiger partial charge < -0.3 is 19.5 Å². The smallest absolute Gasteiger partial charge is 0.228 e. The Morgan fingerprint density at radius 2 is 1.93 bits per heavy atom. The van der Waals surface area contributed by atoms with Crippen LogP contribution in [0, 0.1) is 0 Å². The van der Waals surface area contributed by atoms with E-state index in [9.17, 15) is 4.79 Å². The lowest BCUT2D eigenvalue weighted by atomic mass is 10.1. The number of rotatable bonds is 9. The Hall–Kier alpha value is -2.66. The Kier molecular flexibility index (Phi) is 7.42. The molecule has 6 heteroatoms. The van der Waals surface area contributed by atoms with Crippen LogP contribution >= 0.6 is 11.6 Å².